The summed E-state index contributed by atoms with van der Waals surface area (Å²) >= 11 is 1.47. The number of ether oxygens (including phenoxy) is 2. The zero-order chi connectivity index (χ0) is 29.3. The van der Waals surface area contributed by atoms with Crippen LogP contribution in [-0.2, 0) is 22.6 Å². The van der Waals surface area contributed by atoms with Gasteiger partial charge in [0.2, 0.25) is 0 Å². The predicted octanol–water partition coefficient (Wildman–Crippen LogP) is 5.64. The number of carbonyl (C=O) groups excluding carboxylic acids is 1. The second-order valence-electron chi connectivity index (χ2n) is 10.1. The van der Waals surface area contributed by atoms with E-state index >= 15 is 0 Å². The molecule has 0 aliphatic carbocycles. The van der Waals surface area contributed by atoms with E-state index in [2.05, 4.69) is 16.7 Å². The number of rotatable bonds is 10. The number of aromatic nitrogens is 1. The Morgan fingerprint density at radius 1 is 0.929 bits per heavy atom. The van der Waals surface area contributed by atoms with Crippen LogP contribution in [0.1, 0.15) is 48.0 Å². The van der Waals surface area contributed by atoms with E-state index in [1.165, 1.54) is 18.0 Å². The van der Waals surface area contributed by atoms with Gasteiger partial charge in [-0.15, -0.1) is 0 Å². The van der Waals surface area contributed by atoms with Crippen molar-refractivity contribution in [2.45, 2.75) is 50.0 Å². The fraction of sp³-hybridized carbons (Fsp3) is 0.273. The van der Waals surface area contributed by atoms with Crippen LogP contribution in [0.5, 0.6) is 0 Å². The summed E-state index contributed by atoms with van der Waals surface area (Å²) in [5, 5.41) is 27.9. The zero-order valence-electron chi connectivity index (χ0n) is 23.4. The van der Waals surface area contributed by atoms with Crippen molar-refractivity contribution in [1.82, 2.24) is 10.6 Å². The summed E-state index contributed by atoms with van der Waals surface area (Å²) in [6.07, 6.45) is 1.21. The average Bonchev–Trinajstić information content (AvgIpc) is 3.04. The van der Waals surface area contributed by atoms with Gasteiger partial charge in [0.15, 0.2) is 12.5 Å². The Morgan fingerprint density at radius 2 is 1.71 bits per heavy atom. The Balaban J connectivity index is 1.31. The first-order valence-electron chi connectivity index (χ1n) is 14.0. The summed E-state index contributed by atoms with van der Waals surface area (Å²) in [5.74, 6) is 0.604. The molecule has 0 saturated carbocycles. The van der Waals surface area contributed by atoms with Crippen molar-refractivity contribution in [2.24, 2.45) is 0 Å². The van der Waals surface area contributed by atoms with Crippen LogP contribution in [-0.4, -0.2) is 29.5 Å². The lowest BCUT2D eigenvalue weighted by molar-refractivity contribution is -0.645. The van der Waals surface area contributed by atoms with Crippen molar-refractivity contribution in [3.05, 3.63) is 125 Å². The first-order valence-corrected chi connectivity index (χ1v) is 15.0. The molecule has 2 heterocycles. The number of hydrogen-bond donors (Lipinski definition) is 3. The highest BCUT2D eigenvalue weighted by atomic mass is 32.2. The number of benzene rings is 3. The van der Waals surface area contributed by atoms with E-state index in [1.807, 2.05) is 85.8 Å². The molecule has 1 aliphatic heterocycles. The van der Waals surface area contributed by atoms with Crippen LogP contribution in [0.25, 0.3) is 11.1 Å². The average molecular weight is 586 g/mol. The van der Waals surface area contributed by atoms with Gasteiger partial charge in [0, 0.05) is 43.0 Å². The quantitative estimate of drug-likeness (QED) is 0.126. The molecule has 2 amide bonds. The van der Waals surface area contributed by atoms with Gasteiger partial charge in [-0.2, -0.15) is 4.73 Å². The van der Waals surface area contributed by atoms with Crippen LogP contribution in [0.2, 0.25) is 0 Å². The second kappa shape index (κ2) is 14.3. The van der Waals surface area contributed by atoms with Crippen molar-refractivity contribution in [3.63, 3.8) is 0 Å². The Hall–Kier alpha value is -3.89. The van der Waals surface area contributed by atoms with Gasteiger partial charge < -0.3 is 30.4 Å². The number of nitrogens with one attached hydrogen (secondary N) is 2. The molecule has 9 heteroatoms. The molecule has 218 valence electrons. The fourth-order valence-electron chi connectivity index (χ4n) is 4.82. The molecule has 42 heavy (non-hydrogen) atoms. The van der Waals surface area contributed by atoms with Gasteiger partial charge in [0.1, 0.15) is 0 Å². The molecule has 5 rings (SSSR count). The predicted molar refractivity (Wildman–Crippen MR) is 162 cm³/mol. The SMILES string of the molecule is CCNC(=O)NCc1cccc(-c2ccc([C@@H]3O[C@H](CSc4cccc[n+]4[O-])C[C@H](c4ccc(CO)cc4)O3)cc2)c1. The molecular formula is C33H35N3O5S. The fourth-order valence-corrected chi connectivity index (χ4v) is 5.76. The van der Waals surface area contributed by atoms with E-state index in [0.717, 1.165) is 38.1 Å². The summed E-state index contributed by atoms with van der Waals surface area (Å²) < 4.78 is 13.8. The van der Waals surface area contributed by atoms with E-state index in [1.54, 1.807) is 6.07 Å². The lowest BCUT2D eigenvalue weighted by Gasteiger charge is -2.36. The molecule has 3 aromatic carbocycles. The van der Waals surface area contributed by atoms with Crippen molar-refractivity contribution in [3.8, 4) is 11.1 Å². The van der Waals surface area contributed by atoms with Crippen LogP contribution < -0.4 is 15.4 Å². The topological polar surface area (TPSA) is 107 Å². The molecule has 0 unspecified atom stereocenters. The number of nitrogens with zero attached hydrogens (tertiary/aromatic N) is 1. The number of aliphatic hydroxyl groups excluding tert-OH is 1. The van der Waals surface area contributed by atoms with Crippen LogP contribution in [0.15, 0.2) is 102 Å². The van der Waals surface area contributed by atoms with E-state index < -0.39 is 6.29 Å². The summed E-state index contributed by atoms with van der Waals surface area (Å²) in [6.45, 7) is 2.89. The number of thioether (sulfide) groups is 1. The Kier molecular flexibility index (Phi) is 10.1. The third-order valence-corrected chi connectivity index (χ3v) is 8.20. The molecule has 1 saturated heterocycles. The van der Waals surface area contributed by atoms with Crippen molar-refractivity contribution < 1.29 is 24.1 Å². The van der Waals surface area contributed by atoms with Crippen molar-refractivity contribution in [1.29, 1.82) is 0 Å². The Labute approximate surface area is 250 Å². The molecule has 1 aromatic heterocycles. The highest BCUT2D eigenvalue weighted by Crippen LogP contribution is 2.39. The monoisotopic (exact) mass is 585 g/mol. The van der Waals surface area contributed by atoms with Crippen molar-refractivity contribution in [2.75, 3.05) is 12.3 Å². The van der Waals surface area contributed by atoms with E-state index in [0.29, 0.717) is 30.3 Å². The number of urea groups is 1. The van der Waals surface area contributed by atoms with Crippen LogP contribution in [0.4, 0.5) is 4.79 Å². The molecule has 0 radical (unpaired) electrons. The maximum Gasteiger partial charge on any atom is 0.315 e. The lowest BCUT2D eigenvalue weighted by atomic mass is 9.99. The van der Waals surface area contributed by atoms with Gasteiger partial charge in [-0.25, -0.2) is 4.79 Å². The smallest absolute Gasteiger partial charge is 0.315 e. The lowest BCUT2D eigenvalue weighted by Crippen LogP contribution is -2.34. The minimum Gasteiger partial charge on any atom is -0.618 e. The van der Waals surface area contributed by atoms with Gasteiger partial charge in [-0.3, -0.25) is 0 Å². The minimum absolute atomic E-state index is 0.0109. The van der Waals surface area contributed by atoms with Crippen LogP contribution in [0.3, 0.4) is 0 Å². The van der Waals surface area contributed by atoms with Gasteiger partial charge >= 0.3 is 6.03 Å². The number of aliphatic hydroxyl groups is 1. The molecule has 0 spiro atoms. The maximum absolute atomic E-state index is 12.2. The molecule has 4 aromatic rings. The van der Waals surface area contributed by atoms with Gasteiger partial charge in [-0.1, -0.05) is 78.5 Å². The van der Waals surface area contributed by atoms with Gasteiger partial charge in [0.05, 0.1) is 18.8 Å². The maximum atomic E-state index is 12.2. The Morgan fingerprint density at radius 3 is 2.45 bits per heavy atom. The normalized spacial score (nSPS) is 18.4. The van der Waals surface area contributed by atoms with Crippen LogP contribution >= 0.6 is 11.8 Å². The minimum atomic E-state index is -0.580. The Bertz CT molecular complexity index is 1470. The highest BCUT2D eigenvalue weighted by molar-refractivity contribution is 7.99. The first-order chi connectivity index (χ1) is 20.5. The van der Waals surface area contributed by atoms with Crippen LogP contribution in [0, 0.1) is 5.21 Å². The van der Waals surface area contributed by atoms with E-state index in [-0.39, 0.29) is 24.8 Å². The molecule has 3 N–H and O–H groups in total. The second-order valence-corrected chi connectivity index (χ2v) is 11.1. The molecule has 1 fully saturated rings. The third-order valence-electron chi connectivity index (χ3n) is 7.05. The molecule has 3 atom stereocenters. The summed E-state index contributed by atoms with van der Waals surface area (Å²) in [5.41, 5.74) is 5.86. The van der Waals surface area contributed by atoms with E-state index in [4.69, 9.17) is 9.47 Å². The molecular weight excluding hydrogens is 550 g/mol. The molecule has 8 nitrogen and oxygen atoms in total. The molecule has 1 aliphatic rings. The number of pyridine rings is 1. The van der Waals surface area contributed by atoms with E-state index in [9.17, 15) is 15.1 Å². The van der Waals surface area contributed by atoms with Gasteiger partial charge in [-0.05, 0) is 46.9 Å². The number of hydrogen-bond acceptors (Lipinski definition) is 6. The zero-order valence-corrected chi connectivity index (χ0v) is 24.3. The summed E-state index contributed by atoms with van der Waals surface area (Å²) in [6, 6.07) is 29.2. The third kappa shape index (κ3) is 7.68. The highest BCUT2D eigenvalue weighted by Gasteiger charge is 2.32. The summed E-state index contributed by atoms with van der Waals surface area (Å²) in [7, 11) is 0. The number of carbonyl (C=O) groups is 1. The van der Waals surface area contributed by atoms with Crippen molar-refractivity contribution >= 4 is 17.8 Å². The largest absolute Gasteiger partial charge is 0.618 e. The summed E-state index contributed by atoms with van der Waals surface area (Å²) in [4.78, 5) is 11.8. The standard InChI is InChI=1S/C33H35N3O5S/c1-2-34-33(38)35-20-24-6-5-7-28(18-24)25-13-15-27(16-14-25)32-40-29(22-42-31-8-3-4-17-36(31)39)19-30(41-32)26-11-9-23(21-37)10-12-26/h3-18,29-30,32,37H,2,19-22H2,1H3,(H2,34,35,38)/t29-,30+,32+/m0/s1. The first kappa shape index (κ1) is 29.6. The van der Waals surface area contributed by atoms with Gasteiger partial charge in [0.25, 0.3) is 5.03 Å². The molecule has 0 bridgehead atoms. The number of amides is 2.